The van der Waals surface area contributed by atoms with Crippen molar-refractivity contribution in [2.24, 2.45) is 5.73 Å². The van der Waals surface area contributed by atoms with Gasteiger partial charge in [-0.2, -0.15) is 0 Å². The number of carbonyl (C=O) groups excluding carboxylic acids is 2. The molecule has 1 heterocycles. The molecule has 0 radical (unpaired) electrons. The summed E-state index contributed by atoms with van der Waals surface area (Å²) in [5, 5.41) is 5.13. The number of benzene rings is 1. The summed E-state index contributed by atoms with van der Waals surface area (Å²) in [5.74, 6) is -0.274. The van der Waals surface area contributed by atoms with Crippen LogP contribution in [0.1, 0.15) is 10.4 Å². The predicted molar refractivity (Wildman–Crippen MR) is 71.8 cm³/mol. The summed E-state index contributed by atoms with van der Waals surface area (Å²) in [6.45, 7) is 0. The number of carbonyl (C=O) groups is 2. The van der Waals surface area contributed by atoms with Crippen LogP contribution < -0.4 is 16.4 Å². The molecule has 0 saturated heterocycles. The fourth-order valence-electron chi connectivity index (χ4n) is 1.52. The molecule has 3 amide bonds. The van der Waals surface area contributed by atoms with Gasteiger partial charge in [-0.25, -0.2) is 4.79 Å². The van der Waals surface area contributed by atoms with Crippen molar-refractivity contribution in [1.82, 2.24) is 4.98 Å². The summed E-state index contributed by atoms with van der Waals surface area (Å²) >= 11 is 0. The van der Waals surface area contributed by atoms with Gasteiger partial charge in [0.25, 0.3) is 5.91 Å². The van der Waals surface area contributed by atoms with Gasteiger partial charge in [0.05, 0.1) is 5.56 Å². The Kier molecular flexibility index (Phi) is 3.72. The van der Waals surface area contributed by atoms with Crippen LogP contribution in [0, 0.1) is 0 Å². The molecule has 4 N–H and O–H groups in total. The number of nitrogens with two attached hydrogens (primary N) is 1. The molecule has 2 aromatic rings. The first-order chi connectivity index (χ1) is 9.15. The maximum atomic E-state index is 11.9. The van der Waals surface area contributed by atoms with Gasteiger partial charge >= 0.3 is 6.03 Å². The summed E-state index contributed by atoms with van der Waals surface area (Å²) in [6, 6.07) is 9.37. The van der Waals surface area contributed by atoms with Crippen LogP contribution in [0.5, 0.6) is 0 Å². The lowest BCUT2D eigenvalue weighted by molar-refractivity contribution is 0.102. The maximum Gasteiger partial charge on any atom is 0.316 e. The van der Waals surface area contributed by atoms with E-state index in [1.54, 1.807) is 42.6 Å². The Morgan fingerprint density at radius 3 is 2.42 bits per heavy atom. The Labute approximate surface area is 109 Å². The van der Waals surface area contributed by atoms with E-state index in [0.29, 0.717) is 16.9 Å². The maximum absolute atomic E-state index is 11.9. The third-order valence-electron chi connectivity index (χ3n) is 2.31. The SMILES string of the molecule is NC(=O)Nc1cccc(NC(=O)c2cccnc2)c1. The minimum atomic E-state index is -0.657. The highest BCUT2D eigenvalue weighted by Crippen LogP contribution is 2.15. The summed E-state index contributed by atoms with van der Waals surface area (Å²) in [4.78, 5) is 26.5. The Morgan fingerprint density at radius 1 is 1.05 bits per heavy atom. The number of nitrogens with one attached hydrogen (secondary N) is 2. The predicted octanol–water partition coefficient (Wildman–Crippen LogP) is 1.82. The Bertz CT molecular complexity index is 599. The highest BCUT2D eigenvalue weighted by molar-refractivity contribution is 6.04. The van der Waals surface area contributed by atoms with Crippen molar-refractivity contribution in [3.05, 3.63) is 54.4 Å². The molecule has 0 fully saturated rings. The van der Waals surface area contributed by atoms with Crippen LogP contribution in [0.4, 0.5) is 16.2 Å². The number of hydrogen-bond donors (Lipinski definition) is 3. The van der Waals surface area contributed by atoms with Gasteiger partial charge in [-0.3, -0.25) is 9.78 Å². The largest absolute Gasteiger partial charge is 0.351 e. The zero-order chi connectivity index (χ0) is 13.7. The molecule has 0 unspecified atom stereocenters. The first-order valence-corrected chi connectivity index (χ1v) is 5.53. The zero-order valence-corrected chi connectivity index (χ0v) is 9.96. The second-order valence-electron chi connectivity index (χ2n) is 3.77. The molecular formula is C13H12N4O2. The van der Waals surface area contributed by atoms with Crippen LogP contribution >= 0.6 is 0 Å². The third kappa shape index (κ3) is 3.53. The number of aromatic nitrogens is 1. The van der Waals surface area contributed by atoms with E-state index in [1.807, 2.05) is 0 Å². The van der Waals surface area contributed by atoms with E-state index in [1.165, 1.54) is 6.20 Å². The van der Waals surface area contributed by atoms with Crippen molar-refractivity contribution >= 4 is 23.3 Å². The quantitative estimate of drug-likeness (QED) is 0.781. The van der Waals surface area contributed by atoms with Crippen LogP contribution in [-0.4, -0.2) is 16.9 Å². The van der Waals surface area contributed by atoms with E-state index >= 15 is 0 Å². The summed E-state index contributed by atoms with van der Waals surface area (Å²) in [5.41, 5.74) is 6.54. The van der Waals surface area contributed by atoms with E-state index in [4.69, 9.17) is 5.73 Å². The van der Waals surface area contributed by atoms with E-state index < -0.39 is 6.03 Å². The number of amides is 3. The van der Waals surface area contributed by atoms with Crippen LogP contribution in [-0.2, 0) is 0 Å². The van der Waals surface area contributed by atoms with E-state index in [9.17, 15) is 9.59 Å². The molecule has 0 aliphatic carbocycles. The average Bonchev–Trinajstić information content (AvgIpc) is 2.39. The van der Waals surface area contributed by atoms with Crippen molar-refractivity contribution in [2.45, 2.75) is 0 Å². The molecule has 2 rings (SSSR count). The lowest BCUT2D eigenvalue weighted by Gasteiger charge is -2.07. The molecule has 96 valence electrons. The molecule has 0 bridgehead atoms. The van der Waals surface area contributed by atoms with Crippen molar-refractivity contribution in [3.63, 3.8) is 0 Å². The Balaban J connectivity index is 2.11. The molecule has 0 saturated carbocycles. The van der Waals surface area contributed by atoms with Crippen molar-refractivity contribution in [3.8, 4) is 0 Å². The molecule has 0 aliphatic rings. The first kappa shape index (κ1) is 12.6. The summed E-state index contributed by atoms with van der Waals surface area (Å²) in [6.07, 6.45) is 3.06. The van der Waals surface area contributed by atoms with E-state index in [2.05, 4.69) is 15.6 Å². The number of urea groups is 1. The van der Waals surface area contributed by atoms with Gasteiger partial charge in [-0.05, 0) is 30.3 Å². The topological polar surface area (TPSA) is 97.1 Å². The fourth-order valence-corrected chi connectivity index (χ4v) is 1.52. The second-order valence-corrected chi connectivity index (χ2v) is 3.77. The molecule has 1 aromatic carbocycles. The number of primary amides is 1. The second kappa shape index (κ2) is 5.63. The van der Waals surface area contributed by atoms with Gasteiger partial charge in [0.2, 0.25) is 0 Å². The lowest BCUT2D eigenvalue weighted by Crippen LogP contribution is -2.19. The normalized spacial score (nSPS) is 9.68. The Hall–Kier alpha value is -2.89. The van der Waals surface area contributed by atoms with Crippen molar-refractivity contribution in [2.75, 3.05) is 10.6 Å². The number of nitrogens with zero attached hydrogens (tertiary/aromatic N) is 1. The van der Waals surface area contributed by atoms with Crippen molar-refractivity contribution in [1.29, 1.82) is 0 Å². The van der Waals surface area contributed by atoms with Gasteiger partial charge in [0, 0.05) is 23.8 Å². The fraction of sp³-hybridized carbons (Fsp3) is 0. The molecule has 1 aromatic heterocycles. The number of hydrogen-bond acceptors (Lipinski definition) is 3. The van der Waals surface area contributed by atoms with Gasteiger partial charge in [0.1, 0.15) is 0 Å². The zero-order valence-electron chi connectivity index (χ0n) is 9.96. The van der Waals surface area contributed by atoms with Crippen LogP contribution in [0.25, 0.3) is 0 Å². The molecule has 19 heavy (non-hydrogen) atoms. The highest BCUT2D eigenvalue weighted by Gasteiger charge is 2.06. The summed E-state index contributed by atoms with van der Waals surface area (Å²) in [7, 11) is 0. The molecule has 6 heteroatoms. The van der Waals surface area contributed by atoms with Gasteiger partial charge in [-0.15, -0.1) is 0 Å². The van der Waals surface area contributed by atoms with Crippen LogP contribution in [0.2, 0.25) is 0 Å². The average molecular weight is 256 g/mol. The Morgan fingerprint density at radius 2 is 1.79 bits per heavy atom. The van der Waals surface area contributed by atoms with Gasteiger partial charge in [-0.1, -0.05) is 6.07 Å². The van der Waals surface area contributed by atoms with Crippen molar-refractivity contribution < 1.29 is 9.59 Å². The standard InChI is InChI=1S/C13H12N4O2/c14-13(19)17-11-5-1-4-10(7-11)16-12(18)9-3-2-6-15-8-9/h1-8H,(H,16,18)(H3,14,17,19). The van der Waals surface area contributed by atoms with E-state index in [0.717, 1.165) is 0 Å². The third-order valence-corrected chi connectivity index (χ3v) is 2.31. The van der Waals surface area contributed by atoms with Crippen LogP contribution in [0.3, 0.4) is 0 Å². The molecule has 0 spiro atoms. The number of rotatable bonds is 3. The molecule has 0 aliphatic heterocycles. The van der Waals surface area contributed by atoms with E-state index in [-0.39, 0.29) is 5.91 Å². The highest BCUT2D eigenvalue weighted by atomic mass is 16.2. The number of anilines is 2. The lowest BCUT2D eigenvalue weighted by atomic mass is 10.2. The smallest absolute Gasteiger partial charge is 0.316 e. The molecular weight excluding hydrogens is 244 g/mol. The molecule has 6 nitrogen and oxygen atoms in total. The minimum absolute atomic E-state index is 0.274. The first-order valence-electron chi connectivity index (χ1n) is 5.53. The van der Waals surface area contributed by atoms with Crippen LogP contribution in [0.15, 0.2) is 48.8 Å². The van der Waals surface area contributed by atoms with Gasteiger partial charge in [0.15, 0.2) is 0 Å². The van der Waals surface area contributed by atoms with Gasteiger partial charge < -0.3 is 16.4 Å². The summed E-state index contributed by atoms with van der Waals surface area (Å²) < 4.78 is 0. The molecule has 0 atom stereocenters. The monoisotopic (exact) mass is 256 g/mol. The minimum Gasteiger partial charge on any atom is -0.351 e. The number of pyridine rings is 1.